The first-order valence-electron chi connectivity index (χ1n) is 5.15. The average Bonchev–Trinajstić information content (AvgIpc) is 2.36. The molecule has 1 N–H and O–H groups in total. The molecule has 0 aliphatic rings. The predicted molar refractivity (Wildman–Crippen MR) is 64.3 cm³/mol. The average molecular weight is 251 g/mol. The number of rotatable bonds is 5. The van der Waals surface area contributed by atoms with Gasteiger partial charge in [0.25, 0.3) is 0 Å². The van der Waals surface area contributed by atoms with Gasteiger partial charge >= 0.3 is 5.97 Å². The lowest BCUT2D eigenvalue weighted by atomic mass is 10.0. The van der Waals surface area contributed by atoms with Crippen molar-refractivity contribution in [2.24, 2.45) is 0 Å². The zero-order chi connectivity index (χ0) is 13.6. The lowest BCUT2D eigenvalue weighted by Crippen LogP contribution is -2.44. The number of hydrogen-bond donors (Lipinski definition) is 1. The summed E-state index contributed by atoms with van der Waals surface area (Å²) in [7, 11) is 1.06. The predicted octanol–water partition coefficient (Wildman–Crippen LogP) is 0.881. The van der Waals surface area contributed by atoms with Crippen LogP contribution >= 0.6 is 0 Å². The molecule has 0 saturated heterocycles. The number of nitro groups is 1. The standard InChI is InChI=1S/C12H13NO5/c1-18-11(14)12(15,9-13(16)17)8-7-10-5-3-2-4-6-10/h2-8,15H,9H2,1H3/b8-7+/t12-/m0/s1. The molecular formula is C12H13NO5. The van der Waals surface area contributed by atoms with Crippen LogP contribution in [0, 0.1) is 10.1 Å². The van der Waals surface area contributed by atoms with E-state index in [1.165, 1.54) is 6.08 Å². The van der Waals surface area contributed by atoms with Crippen molar-refractivity contribution in [2.45, 2.75) is 5.60 Å². The van der Waals surface area contributed by atoms with Gasteiger partial charge in [0.15, 0.2) is 0 Å². The molecule has 1 aromatic carbocycles. The number of nitrogens with zero attached hydrogens (tertiary/aromatic N) is 1. The molecule has 18 heavy (non-hydrogen) atoms. The van der Waals surface area contributed by atoms with Gasteiger partial charge in [0.2, 0.25) is 12.1 Å². The van der Waals surface area contributed by atoms with Gasteiger partial charge in [-0.2, -0.15) is 0 Å². The molecule has 0 aromatic heterocycles. The monoisotopic (exact) mass is 251 g/mol. The minimum Gasteiger partial charge on any atom is -0.466 e. The van der Waals surface area contributed by atoms with Crippen molar-refractivity contribution in [2.75, 3.05) is 13.7 Å². The van der Waals surface area contributed by atoms with Crippen LogP contribution in [0.5, 0.6) is 0 Å². The van der Waals surface area contributed by atoms with Gasteiger partial charge in [0, 0.05) is 4.92 Å². The number of carbonyl (C=O) groups is 1. The number of carbonyl (C=O) groups excluding carboxylic acids is 1. The summed E-state index contributed by atoms with van der Waals surface area (Å²) in [5, 5.41) is 20.4. The zero-order valence-electron chi connectivity index (χ0n) is 9.78. The minimum atomic E-state index is -2.26. The fourth-order valence-corrected chi connectivity index (χ4v) is 1.36. The summed E-state index contributed by atoms with van der Waals surface area (Å²) in [5.41, 5.74) is -1.54. The fraction of sp³-hybridized carbons (Fsp3) is 0.250. The lowest BCUT2D eigenvalue weighted by molar-refractivity contribution is -0.494. The summed E-state index contributed by atoms with van der Waals surface area (Å²) in [4.78, 5) is 21.0. The first-order chi connectivity index (χ1) is 8.48. The Morgan fingerprint density at radius 1 is 1.50 bits per heavy atom. The molecule has 0 bridgehead atoms. The van der Waals surface area contributed by atoms with Gasteiger partial charge in [0.1, 0.15) is 0 Å². The van der Waals surface area contributed by atoms with E-state index in [2.05, 4.69) is 4.74 Å². The molecule has 6 heteroatoms. The molecule has 1 aromatic rings. The number of aliphatic hydroxyl groups is 1. The Bertz CT molecular complexity index is 457. The van der Waals surface area contributed by atoms with Crippen LogP contribution in [-0.4, -0.2) is 35.3 Å². The Morgan fingerprint density at radius 2 is 2.11 bits per heavy atom. The van der Waals surface area contributed by atoms with E-state index in [1.807, 2.05) is 0 Å². The molecule has 0 saturated carbocycles. The van der Waals surface area contributed by atoms with Crippen molar-refractivity contribution in [1.82, 2.24) is 0 Å². The van der Waals surface area contributed by atoms with Gasteiger partial charge in [-0.25, -0.2) is 4.79 Å². The van der Waals surface area contributed by atoms with Crippen molar-refractivity contribution in [3.8, 4) is 0 Å². The number of benzene rings is 1. The third-order valence-corrected chi connectivity index (χ3v) is 2.26. The summed E-state index contributed by atoms with van der Waals surface area (Å²) in [6.07, 6.45) is 2.50. The molecule has 0 fully saturated rings. The maximum Gasteiger partial charge on any atom is 0.349 e. The topological polar surface area (TPSA) is 89.7 Å². The second kappa shape index (κ2) is 5.92. The van der Waals surface area contributed by atoms with Gasteiger partial charge in [-0.3, -0.25) is 10.1 Å². The molecule has 0 heterocycles. The SMILES string of the molecule is COC(=O)[C@](O)(/C=C/c1ccccc1)C[N+](=O)[O-]. The van der Waals surface area contributed by atoms with E-state index < -0.39 is 23.0 Å². The molecule has 0 unspecified atom stereocenters. The maximum absolute atomic E-state index is 11.4. The van der Waals surface area contributed by atoms with E-state index in [0.29, 0.717) is 5.56 Å². The van der Waals surface area contributed by atoms with Crippen LogP contribution in [0.1, 0.15) is 5.56 Å². The smallest absolute Gasteiger partial charge is 0.349 e. The van der Waals surface area contributed by atoms with Crippen LogP contribution in [0.25, 0.3) is 6.08 Å². The van der Waals surface area contributed by atoms with Crippen LogP contribution in [-0.2, 0) is 9.53 Å². The second-order valence-electron chi connectivity index (χ2n) is 3.65. The molecular weight excluding hydrogens is 238 g/mol. The van der Waals surface area contributed by atoms with Crippen molar-refractivity contribution in [3.05, 3.63) is 52.1 Å². The van der Waals surface area contributed by atoms with Gasteiger partial charge < -0.3 is 9.84 Å². The van der Waals surface area contributed by atoms with Gasteiger partial charge in [-0.1, -0.05) is 36.4 Å². The second-order valence-corrected chi connectivity index (χ2v) is 3.65. The van der Waals surface area contributed by atoms with Gasteiger partial charge in [-0.15, -0.1) is 0 Å². The number of esters is 1. The molecule has 1 rings (SSSR count). The zero-order valence-corrected chi connectivity index (χ0v) is 9.78. The molecule has 96 valence electrons. The molecule has 1 atom stereocenters. The van der Waals surface area contributed by atoms with Gasteiger partial charge in [0.05, 0.1) is 7.11 Å². The number of methoxy groups -OCH3 is 1. The maximum atomic E-state index is 11.4. The lowest BCUT2D eigenvalue weighted by Gasteiger charge is -2.16. The number of ether oxygens (including phenoxy) is 1. The Balaban J connectivity index is 2.95. The molecule has 0 spiro atoms. The summed E-state index contributed by atoms with van der Waals surface area (Å²) < 4.78 is 4.36. The Kier molecular flexibility index (Phi) is 4.56. The van der Waals surface area contributed by atoms with Crippen LogP contribution in [0.2, 0.25) is 0 Å². The molecule has 0 aliphatic carbocycles. The highest BCUT2D eigenvalue weighted by atomic mass is 16.6. The summed E-state index contributed by atoms with van der Waals surface area (Å²) in [6.45, 7) is -0.941. The Hall–Kier alpha value is -2.21. The highest BCUT2D eigenvalue weighted by molar-refractivity contribution is 5.83. The third kappa shape index (κ3) is 3.67. The highest BCUT2D eigenvalue weighted by Crippen LogP contribution is 2.13. The first kappa shape index (κ1) is 13.9. The van der Waals surface area contributed by atoms with Crippen LogP contribution < -0.4 is 0 Å². The van der Waals surface area contributed by atoms with Crippen LogP contribution in [0.3, 0.4) is 0 Å². The largest absolute Gasteiger partial charge is 0.466 e. The summed E-state index contributed by atoms with van der Waals surface area (Å²) in [5.74, 6) is -1.06. The third-order valence-electron chi connectivity index (χ3n) is 2.26. The summed E-state index contributed by atoms with van der Waals surface area (Å²) >= 11 is 0. The molecule has 0 radical (unpaired) electrons. The molecule has 0 amide bonds. The number of hydrogen-bond acceptors (Lipinski definition) is 5. The Morgan fingerprint density at radius 3 is 2.61 bits per heavy atom. The van der Waals surface area contributed by atoms with Crippen molar-refractivity contribution < 1.29 is 19.6 Å². The normalized spacial score (nSPS) is 14.1. The summed E-state index contributed by atoms with van der Waals surface area (Å²) in [6, 6.07) is 8.82. The Labute approximate surface area is 104 Å². The quantitative estimate of drug-likeness (QED) is 0.476. The molecule has 0 aliphatic heterocycles. The molecule has 6 nitrogen and oxygen atoms in total. The van der Waals surface area contributed by atoms with Crippen LogP contribution in [0.4, 0.5) is 0 Å². The highest BCUT2D eigenvalue weighted by Gasteiger charge is 2.40. The van der Waals surface area contributed by atoms with Gasteiger partial charge in [-0.05, 0) is 11.6 Å². The van der Waals surface area contributed by atoms with E-state index in [1.54, 1.807) is 30.3 Å². The van der Waals surface area contributed by atoms with E-state index in [4.69, 9.17) is 0 Å². The van der Waals surface area contributed by atoms with Crippen LogP contribution in [0.15, 0.2) is 36.4 Å². The minimum absolute atomic E-state index is 0.711. The van der Waals surface area contributed by atoms with E-state index in [-0.39, 0.29) is 0 Å². The van der Waals surface area contributed by atoms with E-state index in [0.717, 1.165) is 13.2 Å². The van der Waals surface area contributed by atoms with Crippen molar-refractivity contribution in [3.63, 3.8) is 0 Å². The van der Waals surface area contributed by atoms with E-state index in [9.17, 15) is 20.0 Å². The first-order valence-corrected chi connectivity index (χ1v) is 5.15. The van der Waals surface area contributed by atoms with E-state index >= 15 is 0 Å². The fourth-order valence-electron chi connectivity index (χ4n) is 1.36. The van der Waals surface area contributed by atoms with Crippen molar-refractivity contribution in [1.29, 1.82) is 0 Å². The van der Waals surface area contributed by atoms with Crippen molar-refractivity contribution >= 4 is 12.0 Å².